The molecule has 7 heteroatoms. The first kappa shape index (κ1) is 9.53. The van der Waals surface area contributed by atoms with Crippen LogP contribution in [0.1, 0.15) is 18.8 Å². The van der Waals surface area contributed by atoms with Crippen LogP contribution >= 0.6 is 0 Å². The number of nitrogens with one attached hydrogen (secondary N) is 1. The minimum Gasteiger partial charge on any atom is -0.322 e. The molecule has 15 heavy (non-hydrogen) atoms. The third kappa shape index (κ3) is 1.77. The second-order valence-electron chi connectivity index (χ2n) is 3.10. The molecule has 2 aromatic heterocycles. The van der Waals surface area contributed by atoms with Gasteiger partial charge in [-0.15, -0.1) is 0 Å². The van der Waals surface area contributed by atoms with E-state index in [1.54, 1.807) is 13.0 Å². The lowest BCUT2D eigenvalue weighted by Crippen LogP contribution is -2.16. The number of rotatable bonds is 2. The number of hydrogen-bond acceptors (Lipinski definition) is 5. The highest BCUT2D eigenvalue weighted by Crippen LogP contribution is 2.08. The van der Waals surface area contributed by atoms with E-state index in [2.05, 4.69) is 20.3 Å². The minimum atomic E-state index is -0.263. The molecule has 0 bridgehead atoms. The van der Waals surface area contributed by atoms with E-state index in [1.165, 1.54) is 17.1 Å². The first-order valence-corrected chi connectivity index (χ1v) is 4.40. The lowest BCUT2D eigenvalue weighted by atomic mass is 10.3. The lowest BCUT2D eigenvalue weighted by Gasteiger charge is -2.06. The smallest absolute Gasteiger partial charge is 0.264 e. The van der Waals surface area contributed by atoms with Crippen LogP contribution in [-0.2, 0) is 0 Å². The van der Waals surface area contributed by atoms with Crippen molar-refractivity contribution >= 4 is 0 Å². The van der Waals surface area contributed by atoms with Crippen LogP contribution in [0.5, 0.6) is 0 Å². The van der Waals surface area contributed by atoms with E-state index in [-0.39, 0.29) is 11.6 Å². The van der Waals surface area contributed by atoms with Crippen molar-refractivity contribution in [2.45, 2.75) is 13.0 Å². The van der Waals surface area contributed by atoms with Gasteiger partial charge in [0, 0.05) is 6.07 Å². The fourth-order valence-corrected chi connectivity index (χ4v) is 1.19. The Bertz CT molecular complexity index is 493. The number of hydrogen-bond donors (Lipinski definition) is 2. The quantitative estimate of drug-likeness (QED) is 0.681. The van der Waals surface area contributed by atoms with E-state index in [0.717, 1.165) is 0 Å². The van der Waals surface area contributed by atoms with Gasteiger partial charge in [0.1, 0.15) is 6.33 Å². The van der Waals surface area contributed by atoms with Crippen LogP contribution in [0.3, 0.4) is 0 Å². The van der Waals surface area contributed by atoms with Gasteiger partial charge in [0.2, 0.25) is 0 Å². The first-order valence-electron chi connectivity index (χ1n) is 4.40. The predicted molar refractivity (Wildman–Crippen MR) is 52.4 cm³/mol. The van der Waals surface area contributed by atoms with Gasteiger partial charge in [-0.1, -0.05) is 0 Å². The summed E-state index contributed by atoms with van der Waals surface area (Å²) in [7, 11) is 0. The highest BCUT2D eigenvalue weighted by atomic mass is 16.1. The van der Waals surface area contributed by atoms with Crippen LogP contribution in [0, 0.1) is 0 Å². The molecule has 2 rings (SSSR count). The van der Waals surface area contributed by atoms with Gasteiger partial charge in [-0.25, -0.2) is 10.1 Å². The number of H-pyrrole nitrogens is 1. The lowest BCUT2D eigenvalue weighted by molar-refractivity contribution is 0.673. The molecule has 78 valence electrons. The largest absolute Gasteiger partial charge is 0.322 e. The topological polar surface area (TPSA) is 102 Å². The Hall–Kier alpha value is -2.02. The van der Waals surface area contributed by atoms with Crippen molar-refractivity contribution in [1.29, 1.82) is 0 Å². The van der Waals surface area contributed by atoms with Gasteiger partial charge in [-0.2, -0.15) is 14.9 Å². The van der Waals surface area contributed by atoms with Gasteiger partial charge in [0.05, 0.1) is 6.04 Å². The molecule has 0 saturated heterocycles. The molecule has 0 radical (unpaired) electrons. The summed E-state index contributed by atoms with van der Waals surface area (Å²) in [5.41, 5.74) is 5.44. The van der Waals surface area contributed by atoms with Crippen LogP contribution in [-0.4, -0.2) is 25.0 Å². The summed E-state index contributed by atoms with van der Waals surface area (Å²) in [6, 6.07) is 2.68. The molecule has 3 N–H and O–H groups in total. The second kappa shape index (κ2) is 3.62. The van der Waals surface area contributed by atoms with Gasteiger partial charge < -0.3 is 5.73 Å². The summed E-state index contributed by atoms with van der Waals surface area (Å²) in [6.45, 7) is 1.80. The number of nitrogens with zero attached hydrogens (tertiary/aromatic N) is 4. The van der Waals surface area contributed by atoms with Crippen molar-refractivity contribution in [1.82, 2.24) is 25.0 Å². The zero-order valence-electron chi connectivity index (χ0n) is 8.08. The Morgan fingerprint density at radius 3 is 2.93 bits per heavy atom. The molecule has 0 saturated carbocycles. The normalized spacial score (nSPS) is 12.7. The van der Waals surface area contributed by atoms with Gasteiger partial charge in [0.25, 0.3) is 5.56 Å². The van der Waals surface area contributed by atoms with E-state index in [1.807, 2.05) is 0 Å². The molecule has 1 unspecified atom stereocenters. The Labute approximate surface area is 85.0 Å². The maximum atomic E-state index is 10.8. The van der Waals surface area contributed by atoms with Crippen molar-refractivity contribution in [3.8, 4) is 5.82 Å². The average molecular weight is 206 g/mol. The Morgan fingerprint density at radius 1 is 1.53 bits per heavy atom. The SMILES string of the molecule is CC(N)c1ncnn1-c1ccc(=O)[nH]n1. The first-order chi connectivity index (χ1) is 7.18. The molecular weight excluding hydrogens is 196 g/mol. The predicted octanol–water partition coefficient (Wildman–Crippen LogP) is -0.630. The van der Waals surface area contributed by atoms with Crippen LogP contribution in [0.4, 0.5) is 0 Å². The third-order valence-corrected chi connectivity index (χ3v) is 1.86. The summed E-state index contributed by atoms with van der Waals surface area (Å²) >= 11 is 0. The average Bonchev–Trinajstić information content (AvgIpc) is 2.67. The van der Waals surface area contributed by atoms with E-state index in [4.69, 9.17) is 5.73 Å². The molecule has 0 spiro atoms. The Balaban J connectivity index is 2.49. The zero-order chi connectivity index (χ0) is 10.8. The Kier molecular flexibility index (Phi) is 2.30. The van der Waals surface area contributed by atoms with Crippen molar-refractivity contribution in [3.63, 3.8) is 0 Å². The summed E-state index contributed by atoms with van der Waals surface area (Å²) in [5.74, 6) is 1.08. The Morgan fingerprint density at radius 2 is 2.33 bits per heavy atom. The maximum absolute atomic E-state index is 10.8. The zero-order valence-corrected chi connectivity index (χ0v) is 8.08. The van der Waals surface area contributed by atoms with Crippen LogP contribution in [0.15, 0.2) is 23.3 Å². The van der Waals surface area contributed by atoms with E-state index >= 15 is 0 Å². The summed E-state index contributed by atoms with van der Waals surface area (Å²) < 4.78 is 1.49. The molecule has 0 aliphatic carbocycles. The van der Waals surface area contributed by atoms with Crippen molar-refractivity contribution in [2.24, 2.45) is 5.73 Å². The van der Waals surface area contributed by atoms with Gasteiger partial charge in [0.15, 0.2) is 11.6 Å². The minimum absolute atomic E-state index is 0.249. The molecule has 0 amide bonds. The highest BCUT2D eigenvalue weighted by molar-refractivity contribution is 5.19. The van der Waals surface area contributed by atoms with Crippen LogP contribution < -0.4 is 11.3 Å². The van der Waals surface area contributed by atoms with E-state index < -0.39 is 0 Å². The number of nitrogens with two attached hydrogens (primary N) is 1. The standard InChI is InChI=1S/C8H10N6O/c1-5(9)8-10-4-11-14(8)6-2-3-7(15)13-12-6/h2-5H,9H2,1H3,(H,13,15). The van der Waals surface area contributed by atoms with E-state index in [9.17, 15) is 4.79 Å². The highest BCUT2D eigenvalue weighted by Gasteiger charge is 2.11. The van der Waals surface area contributed by atoms with Crippen molar-refractivity contribution in [3.05, 3.63) is 34.6 Å². The summed E-state index contributed by atoms with van der Waals surface area (Å²) in [6.07, 6.45) is 1.39. The molecule has 0 fully saturated rings. The molecule has 1 atom stereocenters. The summed E-state index contributed by atoms with van der Waals surface area (Å²) in [5, 5.41) is 10.1. The van der Waals surface area contributed by atoms with Gasteiger partial charge in [-0.05, 0) is 13.0 Å². The fraction of sp³-hybridized carbons (Fsp3) is 0.250. The molecular formula is C8H10N6O. The van der Waals surface area contributed by atoms with E-state index in [0.29, 0.717) is 11.6 Å². The number of aromatic amines is 1. The second-order valence-corrected chi connectivity index (χ2v) is 3.10. The molecule has 7 nitrogen and oxygen atoms in total. The molecule has 0 aliphatic rings. The van der Waals surface area contributed by atoms with Crippen LogP contribution in [0.2, 0.25) is 0 Å². The molecule has 2 aromatic rings. The molecule has 0 aliphatic heterocycles. The van der Waals surface area contributed by atoms with Crippen molar-refractivity contribution < 1.29 is 0 Å². The van der Waals surface area contributed by atoms with Crippen molar-refractivity contribution in [2.75, 3.05) is 0 Å². The monoisotopic (exact) mass is 206 g/mol. The fourth-order valence-electron chi connectivity index (χ4n) is 1.19. The summed E-state index contributed by atoms with van der Waals surface area (Å²) in [4.78, 5) is 14.8. The molecule has 0 aromatic carbocycles. The maximum Gasteiger partial charge on any atom is 0.264 e. The number of aromatic nitrogens is 5. The third-order valence-electron chi connectivity index (χ3n) is 1.86. The van der Waals surface area contributed by atoms with Gasteiger partial charge >= 0.3 is 0 Å². The van der Waals surface area contributed by atoms with Crippen LogP contribution in [0.25, 0.3) is 5.82 Å². The molecule has 2 heterocycles. The van der Waals surface area contributed by atoms with Gasteiger partial charge in [-0.3, -0.25) is 4.79 Å².